The fourth-order valence-corrected chi connectivity index (χ4v) is 3.08. The zero-order valence-electron chi connectivity index (χ0n) is 17.2. The van der Waals surface area contributed by atoms with Gasteiger partial charge in [0, 0.05) is 6.42 Å². The average molecular weight is 415 g/mol. The number of ether oxygens (including phenoxy) is 2. The van der Waals surface area contributed by atoms with E-state index in [1.165, 1.54) is 6.08 Å². The first kappa shape index (κ1) is 21.8. The smallest absolute Gasteiger partial charge is 0.408 e. The third-order valence-electron chi connectivity index (χ3n) is 4.79. The Kier molecular flexibility index (Phi) is 7.60. The molecular formula is C26H25NO4. The minimum Gasteiger partial charge on any atom is -0.459 e. The molecule has 1 amide bonds. The lowest BCUT2D eigenvalue weighted by Crippen LogP contribution is -2.55. The predicted molar refractivity (Wildman–Crippen MR) is 119 cm³/mol. The number of carbonyl (C=O) groups excluding carboxylic acids is 2. The second kappa shape index (κ2) is 10.8. The third kappa shape index (κ3) is 6.31. The van der Waals surface area contributed by atoms with E-state index < -0.39 is 17.6 Å². The zero-order valence-corrected chi connectivity index (χ0v) is 17.2. The van der Waals surface area contributed by atoms with Crippen molar-refractivity contribution in [1.29, 1.82) is 0 Å². The number of hydrogen-bond donors (Lipinski definition) is 1. The van der Waals surface area contributed by atoms with Crippen LogP contribution in [-0.2, 0) is 33.9 Å². The number of carbonyl (C=O) groups is 2. The molecule has 1 atom stereocenters. The summed E-state index contributed by atoms with van der Waals surface area (Å²) >= 11 is 0. The molecule has 3 rings (SSSR count). The molecule has 0 heterocycles. The van der Waals surface area contributed by atoms with Crippen molar-refractivity contribution in [2.75, 3.05) is 0 Å². The summed E-state index contributed by atoms with van der Waals surface area (Å²) in [6.45, 7) is 3.98. The highest BCUT2D eigenvalue weighted by Gasteiger charge is 2.39. The molecule has 5 heteroatoms. The van der Waals surface area contributed by atoms with E-state index in [0.717, 1.165) is 16.7 Å². The van der Waals surface area contributed by atoms with E-state index in [0.29, 0.717) is 0 Å². The van der Waals surface area contributed by atoms with Crippen molar-refractivity contribution in [1.82, 2.24) is 5.32 Å². The van der Waals surface area contributed by atoms with Crippen LogP contribution in [0.5, 0.6) is 0 Å². The van der Waals surface area contributed by atoms with Gasteiger partial charge in [0.15, 0.2) is 5.54 Å². The van der Waals surface area contributed by atoms with Crippen LogP contribution in [0.2, 0.25) is 0 Å². The van der Waals surface area contributed by atoms with E-state index in [9.17, 15) is 9.59 Å². The van der Waals surface area contributed by atoms with Gasteiger partial charge in [-0.25, -0.2) is 9.59 Å². The van der Waals surface area contributed by atoms with Crippen LogP contribution in [-0.4, -0.2) is 17.6 Å². The van der Waals surface area contributed by atoms with Gasteiger partial charge in [-0.15, -0.1) is 6.58 Å². The lowest BCUT2D eigenvalue weighted by molar-refractivity contribution is -0.150. The number of esters is 1. The van der Waals surface area contributed by atoms with Crippen molar-refractivity contribution >= 4 is 12.1 Å². The van der Waals surface area contributed by atoms with E-state index in [4.69, 9.17) is 9.47 Å². The highest BCUT2D eigenvalue weighted by molar-refractivity contribution is 5.88. The Labute approximate surface area is 182 Å². The molecule has 0 radical (unpaired) electrons. The van der Waals surface area contributed by atoms with Crippen LogP contribution < -0.4 is 5.32 Å². The quantitative estimate of drug-likeness (QED) is 0.402. The Hall–Kier alpha value is -3.86. The van der Waals surface area contributed by atoms with E-state index in [2.05, 4.69) is 11.9 Å². The molecule has 0 bridgehead atoms. The average Bonchev–Trinajstić information content (AvgIpc) is 2.82. The summed E-state index contributed by atoms with van der Waals surface area (Å²) in [6.07, 6.45) is 0.860. The van der Waals surface area contributed by atoms with E-state index in [1.807, 2.05) is 91.0 Å². The number of nitrogens with one attached hydrogen (secondary N) is 1. The number of rotatable bonds is 9. The molecule has 31 heavy (non-hydrogen) atoms. The summed E-state index contributed by atoms with van der Waals surface area (Å²) in [6, 6.07) is 28.0. The monoisotopic (exact) mass is 415 g/mol. The second-order valence-electron chi connectivity index (χ2n) is 7.09. The van der Waals surface area contributed by atoms with Crippen LogP contribution in [0, 0.1) is 0 Å². The maximum Gasteiger partial charge on any atom is 0.408 e. The second-order valence-corrected chi connectivity index (χ2v) is 7.09. The Balaban J connectivity index is 1.74. The van der Waals surface area contributed by atoms with Crippen LogP contribution in [0.25, 0.3) is 0 Å². The molecule has 0 aliphatic heterocycles. The number of alkyl carbamates (subject to hydrolysis) is 1. The molecule has 158 valence electrons. The minimum atomic E-state index is -1.47. The summed E-state index contributed by atoms with van der Waals surface area (Å²) in [7, 11) is 0. The maximum atomic E-state index is 13.1. The largest absolute Gasteiger partial charge is 0.459 e. The van der Waals surface area contributed by atoms with Gasteiger partial charge in [-0.3, -0.25) is 0 Å². The minimum absolute atomic E-state index is 0.0876. The van der Waals surface area contributed by atoms with Crippen molar-refractivity contribution in [3.05, 3.63) is 120 Å². The SMILES string of the molecule is C=C[C@@](Cc1ccccc1)(NC(=O)OCc1ccccc1)C(=O)OCc1ccccc1. The van der Waals surface area contributed by atoms with Crippen LogP contribution in [0.4, 0.5) is 4.79 Å². The Morgan fingerprint density at radius 2 is 1.19 bits per heavy atom. The summed E-state index contributed by atoms with van der Waals surface area (Å²) in [4.78, 5) is 25.7. The number of hydrogen-bond acceptors (Lipinski definition) is 4. The van der Waals surface area contributed by atoms with Crippen molar-refractivity contribution in [2.24, 2.45) is 0 Å². The lowest BCUT2D eigenvalue weighted by Gasteiger charge is -2.29. The molecule has 0 aromatic heterocycles. The van der Waals surface area contributed by atoms with E-state index >= 15 is 0 Å². The topological polar surface area (TPSA) is 64.6 Å². The molecule has 1 N–H and O–H groups in total. The van der Waals surface area contributed by atoms with E-state index in [1.54, 1.807) is 0 Å². The van der Waals surface area contributed by atoms with Crippen molar-refractivity contribution < 1.29 is 19.1 Å². The van der Waals surface area contributed by atoms with Crippen molar-refractivity contribution in [3.63, 3.8) is 0 Å². The van der Waals surface area contributed by atoms with Gasteiger partial charge in [0.25, 0.3) is 0 Å². The van der Waals surface area contributed by atoms with Crippen molar-refractivity contribution in [2.45, 2.75) is 25.2 Å². The number of benzene rings is 3. The van der Waals surface area contributed by atoms with Crippen molar-refractivity contribution in [3.8, 4) is 0 Å². The molecule has 0 aliphatic rings. The first-order chi connectivity index (χ1) is 15.1. The highest BCUT2D eigenvalue weighted by Crippen LogP contribution is 2.19. The van der Waals surface area contributed by atoms with Gasteiger partial charge < -0.3 is 14.8 Å². The van der Waals surface area contributed by atoms with Gasteiger partial charge in [-0.1, -0.05) is 97.1 Å². The fraction of sp³-hybridized carbons (Fsp3) is 0.154. The summed E-state index contributed by atoms with van der Waals surface area (Å²) < 4.78 is 10.9. The maximum absolute atomic E-state index is 13.1. The van der Waals surface area contributed by atoms with Crippen LogP contribution in [0.3, 0.4) is 0 Å². The van der Waals surface area contributed by atoms with Gasteiger partial charge in [0.05, 0.1) is 0 Å². The van der Waals surface area contributed by atoms with Gasteiger partial charge in [-0.2, -0.15) is 0 Å². The fourth-order valence-electron chi connectivity index (χ4n) is 3.08. The molecular weight excluding hydrogens is 390 g/mol. The summed E-state index contributed by atoms with van der Waals surface area (Å²) in [5.74, 6) is -0.605. The van der Waals surface area contributed by atoms with Crippen LogP contribution in [0.15, 0.2) is 104 Å². The highest BCUT2D eigenvalue weighted by atomic mass is 16.6. The van der Waals surface area contributed by atoms with Gasteiger partial charge >= 0.3 is 12.1 Å². The Bertz CT molecular complexity index is 990. The zero-order chi connectivity index (χ0) is 21.9. The summed E-state index contributed by atoms with van der Waals surface area (Å²) in [5, 5.41) is 2.68. The molecule has 0 fully saturated rings. The normalized spacial score (nSPS) is 12.3. The Morgan fingerprint density at radius 3 is 1.68 bits per heavy atom. The first-order valence-electron chi connectivity index (χ1n) is 9.99. The summed E-state index contributed by atoms with van der Waals surface area (Å²) in [5.41, 5.74) is 1.07. The van der Waals surface area contributed by atoms with E-state index in [-0.39, 0.29) is 19.6 Å². The molecule has 3 aromatic rings. The molecule has 0 saturated heterocycles. The molecule has 0 unspecified atom stereocenters. The molecule has 3 aromatic carbocycles. The van der Waals surface area contributed by atoms with Crippen LogP contribution >= 0.6 is 0 Å². The molecule has 0 spiro atoms. The molecule has 5 nitrogen and oxygen atoms in total. The number of amides is 1. The van der Waals surface area contributed by atoms with Gasteiger partial charge in [0.1, 0.15) is 13.2 Å². The van der Waals surface area contributed by atoms with Gasteiger partial charge in [-0.05, 0) is 16.7 Å². The first-order valence-corrected chi connectivity index (χ1v) is 9.99. The van der Waals surface area contributed by atoms with Gasteiger partial charge in [0.2, 0.25) is 0 Å². The lowest BCUT2D eigenvalue weighted by atomic mass is 9.91. The predicted octanol–water partition coefficient (Wildman–Crippen LogP) is 4.82. The Morgan fingerprint density at radius 1 is 0.742 bits per heavy atom. The standard InChI is InChI=1S/C26H25NO4/c1-2-26(18-21-12-6-3-7-13-21,24(28)30-19-22-14-8-4-9-15-22)27-25(29)31-20-23-16-10-5-11-17-23/h2-17H,1,18-20H2,(H,27,29)/t26-/m0/s1. The molecule has 0 aliphatic carbocycles. The van der Waals surface area contributed by atoms with Crippen LogP contribution in [0.1, 0.15) is 16.7 Å². The molecule has 0 saturated carbocycles. The third-order valence-corrected chi connectivity index (χ3v) is 4.79.